The molecule has 2 aromatic rings. The molecule has 1 amide bonds. The minimum Gasteiger partial charge on any atom is -0.507 e. The lowest BCUT2D eigenvalue weighted by molar-refractivity contribution is 0.0941. The third kappa shape index (κ3) is 3.20. The normalized spacial score (nSPS) is 12.3. The number of phenols is 1. The molecule has 4 heteroatoms. The van der Waals surface area contributed by atoms with Crippen LogP contribution in [0.5, 0.6) is 5.75 Å². The summed E-state index contributed by atoms with van der Waals surface area (Å²) in [4.78, 5) is 12.1. The van der Waals surface area contributed by atoms with E-state index >= 15 is 0 Å². The molecule has 0 saturated heterocycles. The molecule has 100 valence electrons. The smallest absolute Gasteiger partial charge is 0.255 e. The van der Waals surface area contributed by atoms with Crippen LogP contribution in [-0.4, -0.2) is 29.1 Å². The summed E-state index contributed by atoms with van der Waals surface area (Å²) >= 11 is 1.68. The van der Waals surface area contributed by atoms with Gasteiger partial charge in [-0.25, -0.2) is 0 Å². The van der Waals surface area contributed by atoms with E-state index in [1.54, 1.807) is 23.9 Å². The summed E-state index contributed by atoms with van der Waals surface area (Å²) in [6.07, 6.45) is 2.00. The van der Waals surface area contributed by atoms with Crippen LogP contribution in [0.2, 0.25) is 0 Å². The summed E-state index contributed by atoms with van der Waals surface area (Å²) < 4.78 is 0. The van der Waals surface area contributed by atoms with E-state index in [0.29, 0.717) is 5.56 Å². The van der Waals surface area contributed by atoms with Crippen molar-refractivity contribution in [2.24, 2.45) is 0 Å². The first-order valence-electron chi connectivity index (χ1n) is 6.13. The predicted molar refractivity (Wildman–Crippen MR) is 80.9 cm³/mol. The molecular weight excluding hydrogens is 258 g/mol. The highest BCUT2D eigenvalue weighted by atomic mass is 32.2. The molecule has 0 radical (unpaired) electrons. The van der Waals surface area contributed by atoms with Crippen LogP contribution in [-0.2, 0) is 0 Å². The van der Waals surface area contributed by atoms with E-state index in [2.05, 4.69) is 5.32 Å². The number of nitrogens with one attached hydrogen (secondary N) is 1. The van der Waals surface area contributed by atoms with Crippen LogP contribution < -0.4 is 5.32 Å². The van der Waals surface area contributed by atoms with Gasteiger partial charge in [0, 0.05) is 11.8 Å². The molecule has 2 aromatic carbocycles. The van der Waals surface area contributed by atoms with Gasteiger partial charge in [-0.2, -0.15) is 11.8 Å². The van der Waals surface area contributed by atoms with Gasteiger partial charge in [-0.05, 0) is 36.1 Å². The molecule has 0 bridgehead atoms. The van der Waals surface area contributed by atoms with Crippen LogP contribution in [0.4, 0.5) is 0 Å². The lowest BCUT2D eigenvalue weighted by Gasteiger charge is -2.13. The summed E-state index contributed by atoms with van der Waals surface area (Å²) in [5, 5.41) is 14.7. The SMILES string of the molecule is CSCC(C)NC(=O)c1cc2ccccc2cc1O. The zero-order valence-corrected chi connectivity index (χ0v) is 11.8. The van der Waals surface area contributed by atoms with Gasteiger partial charge < -0.3 is 10.4 Å². The van der Waals surface area contributed by atoms with Crippen molar-refractivity contribution in [3.05, 3.63) is 42.0 Å². The molecule has 2 N–H and O–H groups in total. The third-order valence-electron chi connectivity index (χ3n) is 2.90. The van der Waals surface area contributed by atoms with E-state index < -0.39 is 0 Å². The molecule has 0 aliphatic heterocycles. The highest BCUT2D eigenvalue weighted by molar-refractivity contribution is 7.98. The Kier molecular flexibility index (Phi) is 4.32. The van der Waals surface area contributed by atoms with Gasteiger partial charge in [0.15, 0.2) is 0 Å². The summed E-state index contributed by atoms with van der Waals surface area (Å²) in [7, 11) is 0. The molecule has 0 spiro atoms. The second-order valence-electron chi connectivity index (χ2n) is 4.55. The molecule has 0 fully saturated rings. The molecule has 0 saturated carbocycles. The summed E-state index contributed by atoms with van der Waals surface area (Å²) in [5.74, 6) is 0.637. The summed E-state index contributed by atoms with van der Waals surface area (Å²) in [6, 6.07) is 11.1. The Hall–Kier alpha value is -1.68. The molecule has 2 rings (SSSR count). The second-order valence-corrected chi connectivity index (χ2v) is 5.46. The fourth-order valence-corrected chi connectivity index (χ4v) is 2.59. The molecule has 0 aliphatic carbocycles. The van der Waals surface area contributed by atoms with Crippen molar-refractivity contribution >= 4 is 28.4 Å². The monoisotopic (exact) mass is 275 g/mol. The first-order chi connectivity index (χ1) is 9.11. The second kappa shape index (κ2) is 5.97. The maximum absolute atomic E-state index is 12.1. The molecule has 1 atom stereocenters. The fourth-order valence-electron chi connectivity index (χ4n) is 2.00. The quantitative estimate of drug-likeness (QED) is 0.901. The number of hydrogen-bond donors (Lipinski definition) is 2. The molecule has 0 aliphatic rings. The molecular formula is C15H17NO2S. The minimum absolute atomic E-state index is 0.0209. The zero-order valence-electron chi connectivity index (χ0n) is 11.0. The highest BCUT2D eigenvalue weighted by Gasteiger charge is 2.14. The Morgan fingerprint density at radius 2 is 1.95 bits per heavy atom. The van der Waals surface area contributed by atoms with Crippen molar-refractivity contribution in [3.63, 3.8) is 0 Å². The van der Waals surface area contributed by atoms with Crippen LogP contribution in [0, 0.1) is 0 Å². The summed E-state index contributed by atoms with van der Waals surface area (Å²) in [5.41, 5.74) is 0.326. The largest absolute Gasteiger partial charge is 0.507 e. The minimum atomic E-state index is -0.232. The van der Waals surface area contributed by atoms with Crippen LogP contribution in [0.1, 0.15) is 17.3 Å². The molecule has 0 heterocycles. The van der Waals surface area contributed by atoms with E-state index in [1.807, 2.05) is 37.4 Å². The average molecular weight is 275 g/mol. The number of amides is 1. The van der Waals surface area contributed by atoms with Gasteiger partial charge in [0.25, 0.3) is 5.91 Å². The van der Waals surface area contributed by atoms with Gasteiger partial charge in [-0.1, -0.05) is 24.3 Å². The van der Waals surface area contributed by atoms with Crippen molar-refractivity contribution in [1.29, 1.82) is 0 Å². The van der Waals surface area contributed by atoms with E-state index in [4.69, 9.17) is 0 Å². The summed E-state index contributed by atoms with van der Waals surface area (Å²) in [6.45, 7) is 1.95. The number of thioether (sulfide) groups is 1. The van der Waals surface area contributed by atoms with Crippen LogP contribution in [0.3, 0.4) is 0 Å². The number of hydrogen-bond acceptors (Lipinski definition) is 3. The fraction of sp³-hybridized carbons (Fsp3) is 0.267. The number of benzene rings is 2. The van der Waals surface area contributed by atoms with Gasteiger partial charge in [0.05, 0.1) is 5.56 Å². The maximum atomic E-state index is 12.1. The first-order valence-corrected chi connectivity index (χ1v) is 7.52. The Labute approximate surface area is 117 Å². The third-order valence-corrected chi connectivity index (χ3v) is 3.74. The number of rotatable bonds is 4. The van der Waals surface area contributed by atoms with Crippen molar-refractivity contribution in [2.75, 3.05) is 12.0 Å². The molecule has 1 unspecified atom stereocenters. The van der Waals surface area contributed by atoms with Gasteiger partial charge in [-0.15, -0.1) is 0 Å². The van der Waals surface area contributed by atoms with Gasteiger partial charge in [-0.3, -0.25) is 4.79 Å². The lowest BCUT2D eigenvalue weighted by atomic mass is 10.1. The van der Waals surface area contributed by atoms with Crippen molar-refractivity contribution < 1.29 is 9.90 Å². The van der Waals surface area contributed by atoms with E-state index in [-0.39, 0.29) is 17.7 Å². The lowest BCUT2D eigenvalue weighted by Crippen LogP contribution is -2.34. The van der Waals surface area contributed by atoms with Gasteiger partial charge in [0.2, 0.25) is 0 Å². The van der Waals surface area contributed by atoms with E-state index in [9.17, 15) is 9.90 Å². The van der Waals surface area contributed by atoms with Gasteiger partial charge in [0.1, 0.15) is 5.75 Å². The van der Waals surface area contributed by atoms with Crippen molar-refractivity contribution in [2.45, 2.75) is 13.0 Å². The standard InChI is InChI=1S/C15H17NO2S/c1-10(9-19-2)16-15(18)13-7-11-5-3-4-6-12(11)8-14(13)17/h3-8,10,17H,9H2,1-2H3,(H,16,18). The Morgan fingerprint density at radius 1 is 1.32 bits per heavy atom. The van der Waals surface area contributed by atoms with Crippen LogP contribution in [0.25, 0.3) is 10.8 Å². The number of carbonyl (C=O) groups is 1. The molecule has 0 aromatic heterocycles. The van der Waals surface area contributed by atoms with Crippen LogP contribution in [0.15, 0.2) is 36.4 Å². The average Bonchev–Trinajstić information content (AvgIpc) is 2.38. The number of fused-ring (bicyclic) bond motifs is 1. The maximum Gasteiger partial charge on any atom is 0.255 e. The van der Waals surface area contributed by atoms with Crippen molar-refractivity contribution in [1.82, 2.24) is 5.32 Å². The highest BCUT2D eigenvalue weighted by Crippen LogP contribution is 2.24. The Balaban J connectivity index is 2.29. The number of carbonyl (C=O) groups excluding carboxylic acids is 1. The Morgan fingerprint density at radius 3 is 2.58 bits per heavy atom. The number of aromatic hydroxyl groups is 1. The Bertz CT molecular complexity index is 598. The van der Waals surface area contributed by atoms with E-state index in [1.165, 1.54) is 0 Å². The van der Waals surface area contributed by atoms with E-state index in [0.717, 1.165) is 16.5 Å². The van der Waals surface area contributed by atoms with Crippen LogP contribution >= 0.6 is 11.8 Å². The zero-order chi connectivity index (χ0) is 13.8. The van der Waals surface area contributed by atoms with Crippen molar-refractivity contribution in [3.8, 4) is 5.75 Å². The predicted octanol–water partition coefficient (Wildman–Crippen LogP) is 3.03. The topological polar surface area (TPSA) is 49.3 Å². The van der Waals surface area contributed by atoms with Gasteiger partial charge >= 0.3 is 0 Å². The first kappa shape index (κ1) is 13.7. The molecule has 3 nitrogen and oxygen atoms in total. The number of phenolic OH excluding ortho intramolecular Hbond substituents is 1. The molecule has 19 heavy (non-hydrogen) atoms.